The van der Waals surface area contributed by atoms with Gasteiger partial charge in [-0.3, -0.25) is 0 Å². The van der Waals surface area contributed by atoms with Crippen LogP contribution in [0, 0.1) is 5.82 Å². The molecule has 90 valence electrons. The zero-order valence-corrected chi connectivity index (χ0v) is 11.6. The van der Waals surface area contributed by atoms with Gasteiger partial charge in [-0.15, -0.1) is 0 Å². The first kappa shape index (κ1) is 11.7. The summed E-state index contributed by atoms with van der Waals surface area (Å²) in [4.78, 5) is 7.29. The average molecular weight is 323 g/mol. The molecule has 18 heavy (non-hydrogen) atoms. The smallest absolute Gasteiger partial charge is 0.156 e. The first-order chi connectivity index (χ1) is 8.72. The van der Waals surface area contributed by atoms with E-state index in [0.29, 0.717) is 9.50 Å². The Bertz CT molecular complexity index is 678. The van der Waals surface area contributed by atoms with Crippen LogP contribution in [-0.4, -0.2) is 9.97 Å². The van der Waals surface area contributed by atoms with Gasteiger partial charge in [0.2, 0.25) is 0 Å². The summed E-state index contributed by atoms with van der Waals surface area (Å²) >= 11 is 4.48. The summed E-state index contributed by atoms with van der Waals surface area (Å²) in [5.74, 6) is -0.326. The van der Waals surface area contributed by atoms with E-state index in [1.165, 1.54) is 17.8 Å². The molecule has 0 spiro atoms. The summed E-state index contributed by atoms with van der Waals surface area (Å²) in [7, 11) is 0. The highest BCUT2D eigenvalue weighted by atomic mass is 79.9. The molecule has 2 nitrogen and oxygen atoms in total. The molecule has 0 atom stereocenters. The van der Waals surface area contributed by atoms with E-state index in [0.717, 1.165) is 15.9 Å². The monoisotopic (exact) mass is 322 g/mol. The highest BCUT2D eigenvalue weighted by molar-refractivity contribution is 9.10. The summed E-state index contributed by atoms with van der Waals surface area (Å²) in [6.45, 7) is 0. The van der Waals surface area contributed by atoms with Crippen molar-refractivity contribution >= 4 is 38.6 Å². The standard InChI is InChI=1S/C13H8BrFN2S/c14-9-6-10(15)13(16-7-9)18-12-5-8-3-1-2-4-11(8)17-12/h1-7,17H. The number of hydrogen-bond acceptors (Lipinski definition) is 2. The fourth-order valence-electron chi connectivity index (χ4n) is 1.68. The summed E-state index contributed by atoms with van der Waals surface area (Å²) in [6, 6.07) is 11.3. The third-order valence-electron chi connectivity index (χ3n) is 2.49. The Morgan fingerprint density at radius 2 is 2.06 bits per heavy atom. The first-order valence-electron chi connectivity index (χ1n) is 5.29. The zero-order valence-electron chi connectivity index (χ0n) is 9.15. The molecule has 0 radical (unpaired) electrons. The minimum atomic E-state index is -0.326. The van der Waals surface area contributed by atoms with Gasteiger partial charge in [0.05, 0.1) is 5.03 Å². The number of nitrogens with zero attached hydrogens (tertiary/aromatic N) is 1. The maximum Gasteiger partial charge on any atom is 0.156 e. The number of fused-ring (bicyclic) bond motifs is 1. The molecule has 0 fully saturated rings. The second kappa shape index (κ2) is 4.74. The normalized spacial score (nSPS) is 11.0. The molecular formula is C13H8BrFN2S. The molecule has 1 aromatic carbocycles. The van der Waals surface area contributed by atoms with E-state index >= 15 is 0 Å². The summed E-state index contributed by atoms with van der Waals surface area (Å²) in [6.07, 6.45) is 1.59. The molecule has 0 amide bonds. The van der Waals surface area contributed by atoms with E-state index in [1.807, 2.05) is 30.3 Å². The minimum Gasteiger partial charge on any atom is -0.349 e. The van der Waals surface area contributed by atoms with Crippen molar-refractivity contribution in [3.8, 4) is 0 Å². The molecule has 0 bridgehead atoms. The van der Waals surface area contributed by atoms with Gasteiger partial charge in [0, 0.05) is 21.6 Å². The largest absolute Gasteiger partial charge is 0.349 e. The number of para-hydroxylation sites is 1. The number of aromatic nitrogens is 2. The number of pyridine rings is 1. The molecule has 3 rings (SSSR count). The maximum atomic E-state index is 13.7. The molecule has 1 N–H and O–H groups in total. The fraction of sp³-hybridized carbons (Fsp3) is 0. The van der Waals surface area contributed by atoms with Crippen molar-refractivity contribution in [3.05, 3.63) is 52.9 Å². The topological polar surface area (TPSA) is 28.7 Å². The van der Waals surface area contributed by atoms with Gasteiger partial charge >= 0.3 is 0 Å². The lowest BCUT2D eigenvalue weighted by atomic mass is 10.3. The van der Waals surface area contributed by atoms with Gasteiger partial charge in [0.15, 0.2) is 5.82 Å². The van der Waals surface area contributed by atoms with E-state index in [-0.39, 0.29) is 5.82 Å². The molecule has 2 heterocycles. The lowest BCUT2D eigenvalue weighted by Crippen LogP contribution is -1.86. The van der Waals surface area contributed by atoms with Gasteiger partial charge < -0.3 is 4.98 Å². The van der Waals surface area contributed by atoms with Crippen LogP contribution in [0.5, 0.6) is 0 Å². The molecule has 0 saturated carbocycles. The van der Waals surface area contributed by atoms with Crippen molar-refractivity contribution in [1.82, 2.24) is 9.97 Å². The van der Waals surface area contributed by atoms with Crippen molar-refractivity contribution in [1.29, 1.82) is 0 Å². The van der Waals surface area contributed by atoms with Gasteiger partial charge in [-0.25, -0.2) is 9.37 Å². The van der Waals surface area contributed by atoms with Crippen molar-refractivity contribution < 1.29 is 4.39 Å². The molecule has 0 aliphatic rings. The number of rotatable bonds is 2. The van der Waals surface area contributed by atoms with Crippen LogP contribution in [-0.2, 0) is 0 Å². The van der Waals surface area contributed by atoms with E-state index in [4.69, 9.17) is 0 Å². The Kier molecular flexibility index (Phi) is 3.09. The molecule has 0 saturated heterocycles. The van der Waals surface area contributed by atoms with Crippen LogP contribution >= 0.6 is 27.7 Å². The number of aromatic amines is 1. The van der Waals surface area contributed by atoms with Crippen molar-refractivity contribution in [2.45, 2.75) is 10.1 Å². The van der Waals surface area contributed by atoms with Gasteiger partial charge in [0.1, 0.15) is 5.03 Å². The van der Waals surface area contributed by atoms with E-state index in [9.17, 15) is 4.39 Å². The number of hydrogen-bond donors (Lipinski definition) is 1. The molecule has 0 aliphatic heterocycles. The average Bonchev–Trinajstić information content (AvgIpc) is 2.75. The maximum absolute atomic E-state index is 13.7. The molecule has 5 heteroatoms. The third-order valence-corrected chi connectivity index (χ3v) is 3.85. The predicted molar refractivity (Wildman–Crippen MR) is 74.3 cm³/mol. The van der Waals surface area contributed by atoms with Crippen molar-refractivity contribution in [2.75, 3.05) is 0 Å². The van der Waals surface area contributed by atoms with Crippen LogP contribution in [0.1, 0.15) is 0 Å². The second-order valence-electron chi connectivity index (χ2n) is 3.76. The number of H-pyrrole nitrogens is 1. The number of nitrogens with one attached hydrogen (secondary N) is 1. The van der Waals surface area contributed by atoms with Gasteiger partial charge in [0.25, 0.3) is 0 Å². The highest BCUT2D eigenvalue weighted by Gasteiger charge is 2.08. The summed E-state index contributed by atoms with van der Waals surface area (Å²) in [5, 5.41) is 2.35. The summed E-state index contributed by atoms with van der Waals surface area (Å²) < 4.78 is 14.3. The minimum absolute atomic E-state index is 0.326. The van der Waals surface area contributed by atoms with Crippen LogP contribution in [0.15, 0.2) is 57.1 Å². The fourth-order valence-corrected chi connectivity index (χ4v) is 2.80. The summed E-state index contributed by atoms with van der Waals surface area (Å²) in [5.41, 5.74) is 1.04. The molecule has 0 aliphatic carbocycles. The van der Waals surface area contributed by atoms with E-state index < -0.39 is 0 Å². The van der Waals surface area contributed by atoms with Crippen molar-refractivity contribution in [3.63, 3.8) is 0 Å². The lowest BCUT2D eigenvalue weighted by Gasteiger charge is -2.00. The Morgan fingerprint density at radius 1 is 1.22 bits per heavy atom. The van der Waals surface area contributed by atoms with Gasteiger partial charge in [-0.1, -0.05) is 18.2 Å². The number of halogens is 2. The van der Waals surface area contributed by atoms with E-state index in [2.05, 4.69) is 25.9 Å². The Labute approximate surface area is 116 Å². The highest BCUT2D eigenvalue weighted by Crippen LogP contribution is 2.30. The predicted octanol–water partition coefficient (Wildman–Crippen LogP) is 4.62. The molecule has 0 unspecified atom stereocenters. The van der Waals surface area contributed by atoms with Crippen LogP contribution in [0.3, 0.4) is 0 Å². The lowest BCUT2D eigenvalue weighted by molar-refractivity contribution is 0.586. The zero-order chi connectivity index (χ0) is 12.5. The van der Waals surface area contributed by atoms with Crippen LogP contribution in [0.25, 0.3) is 10.9 Å². The van der Waals surface area contributed by atoms with E-state index in [1.54, 1.807) is 6.20 Å². The van der Waals surface area contributed by atoms with Crippen molar-refractivity contribution in [2.24, 2.45) is 0 Å². The molecule has 3 aromatic rings. The molecular weight excluding hydrogens is 315 g/mol. The Morgan fingerprint density at radius 3 is 2.83 bits per heavy atom. The van der Waals surface area contributed by atoms with Crippen LogP contribution < -0.4 is 0 Å². The van der Waals surface area contributed by atoms with Gasteiger partial charge in [-0.05, 0) is 45.9 Å². The quantitative estimate of drug-likeness (QED) is 0.746. The van der Waals surface area contributed by atoms with Crippen LogP contribution in [0.2, 0.25) is 0 Å². The Balaban J connectivity index is 1.96. The Hall–Kier alpha value is -1.33. The third kappa shape index (κ3) is 2.28. The molecule has 2 aromatic heterocycles. The number of benzene rings is 1. The second-order valence-corrected chi connectivity index (χ2v) is 5.71. The SMILES string of the molecule is Fc1cc(Br)cnc1Sc1cc2ccccc2[nH]1. The first-order valence-corrected chi connectivity index (χ1v) is 6.90. The van der Waals surface area contributed by atoms with Crippen LogP contribution in [0.4, 0.5) is 4.39 Å². The van der Waals surface area contributed by atoms with Gasteiger partial charge in [-0.2, -0.15) is 0 Å².